The molecule has 0 bridgehead atoms. The molecule has 2 aromatic carbocycles. The second kappa shape index (κ2) is 8.18. The van der Waals surface area contributed by atoms with E-state index in [4.69, 9.17) is 16.3 Å². The number of aliphatic hydroxyl groups excluding tert-OH is 1. The minimum Gasteiger partial charge on any atom is -0.492 e. The lowest BCUT2D eigenvalue weighted by Gasteiger charge is -2.21. The van der Waals surface area contributed by atoms with Crippen LogP contribution in [0.25, 0.3) is 0 Å². The van der Waals surface area contributed by atoms with Gasteiger partial charge in [-0.1, -0.05) is 48.0 Å². The smallest absolute Gasteiger partial charge is 0.137 e. The Morgan fingerprint density at radius 1 is 1.18 bits per heavy atom. The molecule has 0 saturated carbocycles. The van der Waals surface area contributed by atoms with Gasteiger partial charge in [-0.2, -0.15) is 0 Å². The minimum atomic E-state index is -0.582. The molecule has 0 amide bonds. The maximum Gasteiger partial charge on any atom is 0.137 e. The van der Waals surface area contributed by atoms with Gasteiger partial charge in [0.2, 0.25) is 0 Å². The average molecular weight is 320 g/mol. The van der Waals surface area contributed by atoms with Crippen molar-refractivity contribution < 1.29 is 9.84 Å². The molecule has 118 valence electrons. The van der Waals surface area contributed by atoms with Gasteiger partial charge in [-0.25, -0.2) is 0 Å². The normalized spacial score (nSPS) is 12.4. The highest BCUT2D eigenvalue weighted by atomic mass is 35.5. The summed E-state index contributed by atoms with van der Waals surface area (Å²) in [5, 5.41) is 10.9. The maximum absolute atomic E-state index is 10.4. The molecule has 3 nitrogen and oxygen atoms in total. The Morgan fingerprint density at radius 3 is 2.55 bits per heavy atom. The number of ether oxygens (including phenoxy) is 1. The molecule has 0 spiro atoms. The van der Waals surface area contributed by atoms with Gasteiger partial charge in [-0.3, -0.25) is 4.90 Å². The Labute approximate surface area is 137 Å². The molecule has 1 atom stereocenters. The van der Waals surface area contributed by atoms with Gasteiger partial charge in [0.05, 0.1) is 17.7 Å². The van der Waals surface area contributed by atoms with Crippen LogP contribution in [0.4, 0.5) is 0 Å². The Hall–Kier alpha value is -1.55. The van der Waals surface area contributed by atoms with E-state index >= 15 is 0 Å². The maximum atomic E-state index is 10.4. The summed E-state index contributed by atoms with van der Waals surface area (Å²) in [6.45, 7) is 3.82. The fraction of sp³-hybridized carbons (Fsp3) is 0.333. The molecule has 0 saturated heterocycles. The number of nitrogens with zero attached hydrogens (tertiary/aromatic N) is 1. The van der Waals surface area contributed by atoms with Crippen molar-refractivity contribution in [1.82, 2.24) is 4.90 Å². The molecule has 0 aliphatic heterocycles. The number of halogens is 1. The zero-order chi connectivity index (χ0) is 15.9. The molecule has 0 aliphatic carbocycles. The van der Waals surface area contributed by atoms with Crippen molar-refractivity contribution >= 4 is 11.6 Å². The summed E-state index contributed by atoms with van der Waals surface area (Å²) in [4.78, 5) is 2.09. The zero-order valence-electron chi connectivity index (χ0n) is 13.0. The number of aliphatic hydroxyl groups is 1. The van der Waals surface area contributed by atoms with E-state index in [0.29, 0.717) is 23.9 Å². The number of likely N-dealkylation sites (N-methyl/N-ethyl adjacent to an activating group) is 1. The van der Waals surface area contributed by atoms with E-state index in [1.165, 1.54) is 5.56 Å². The summed E-state index contributed by atoms with van der Waals surface area (Å²) in [7, 11) is 1.99. The first-order valence-electron chi connectivity index (χ1n) is 7.43. The van der Waals surface area contributed by atoms with E-state index in [0.717, 1.165) is 12.1 Å². The standard InChI is InChI=1S/C18H22ClNO2/c1-3-22-18-10-9-15(11-16(18)19)17(21)13-20(2)12-14-7-5-4-6-8-14/h4-11,17,21H,3,12-13H2,1-2H3/t17-/m1/s1. The Kier molecular flexibility index (Phi) is 6.25. The van der Waals surface area contributed by atoms with Crippen molar-refractivity contribution in [3.8, 4) is 5.75 Å². The third-order valence-corrected chi connectivity index (χ3v) is 3.72. The molecule has 0 aliphatic rings. The first-order valence-corrected chi connectivity index (χ1v) is 7.80. The van der Waals surface area contributed by atoms with Gasteiger partial charge in [0.1, 0.15) is 5.75 Å². The van der Waals surface area contributed by atoms with Crippen LogP contribution in [0.1, 0.15) is 24.2 Å². The SMILES string of the molecule is CCOc1ccc([C@H](O)CN(C)Cc2ccccc2)cc1Cl. The highest BCUT2D eigenvalue weighted by Gasteiger charge is 2.13. The van der Waals surface area contributed by atoms with Crippen molar-refractivity contribution in [3.05, 3.63) is 64.7 Å². The fourth-order valence-corrected chi connectivity index (χ4v) is 2.60. The van der Waals surface area contributed by atoms with Gasteiger partial charge in [0, 0.05) is 13.1 Å². The van der Waals surface area contributed by atoms with Crippen molar-refractivity contribution in [2.45, 2.75) is 19.6 Å². The Morgan fingerprint density at radius 2 is 1.91 bits per heavy atom. The van der Waals surface area contributed by atoms with Gasteiger partial charge < -0.3 is 9.84 Å². The molecule has 0 fully saturated rings. The minimum absolute atomic E-state index is 0.532. The van der Waals surface area contributed by atoms with E-state index in [2.05, 4.69) is 17.0 Å². The van der Waals surface area contributed by atoms with Crippen molar-refractivity contribution in [1.29, 1.82) is 0 Å². The highest BCUT2D eigenvalue weighted by Crippen LogP contribution is 2.28. The largest absolute Gasteiger partial charge is 0.492 e. The van der Waals surface area contributed by atoms with E-state index in [9.17, 15) is 5.11 Å². The van der Waals surface area contributed by atoms with Crippen LogP contribution < -0.4 is 4.74 Å². The molecular formula is C18H22ClNO2. The molecule has 0 radical (unpaired) electrons. The van der Waals surface area contributed by atoms with Crippen LogP contribution in [0.2, 0.25) is 5.02 Å². The summed E-state index contributed by atoms with van der Waals surface area (Å²) in [6, 6.07) is 15.6. The van der Waals surface area contributed by atoms with Crippen LogP contribution in [-0.2, 0) is 6.54 Å². The van der Waals surface area contributed by atoms with Crippen LogP contribution in [0.3, 0.4) is 0 Å². The predicted molar refractivity (Wildman–Crippen MR) is 90.4 cm³/mol. The molecule has 22 heavy (non-hydrogen) atoms. The third kappa shape index (κ3) is 4.73. The molecule has 4 heteroatoms. The Balaban J connectivity index is 1.96. The highest BCUT2D eigenvalue weighted by molar-refractivity contribution is 6.32. The van der Waals surface area contributed by atoms with Crippen LogP contribution in [-0.4, -0.2) is 30.2 Å². The van der Waals surface area contributed by atoms with Crippen LogP contribution in [0.15, 0.2) is 48.5 Å². The number of hydrogen-bond acceptors (Lipinski definition) is 3. The quantitative estimate of drug-likeness (QED) is 0.840. The number of benzene rings is 2. The molecule has 0 aromatic heterocycles. The van der Waals surface area contributed by atoms with Gasteiger partial charge in [0.15, 0.2) is 0 Å². The second-order valence-corrected chi connectivity index (χ2v) is 5.73. The lowest BCUT2D eigenvalue weighted by atomic mass is 10.1. The van der Waals surface area contributed by atoms with Crippen LogP contribution in [0, 0.1) is 0 Å². The molecular weight excluding hydrogens is 298 g/mol. The average Bonchev–Trinajstić information content (AvgIpc) is 2.50. The van der Waals surface area contributed by atoms with Crippen molar-refractivity contribution in [2.75, 3.05) is 20.2 Å². The first-order chi connectivity index (χ1) is 10.6. The lowest BCUT2D eigenvalue weighted by Crippen LogP contribution is -2.24. The third-order valence-electron chi connectivity index (χ3n) is 3.42. The summed E-state index contributed by atoms with van der Waals surface area (Å²) < 4.78 is 5.41. The second-order valence-electron chi connectivity index (χ2n) is 5.32. The summed E-state index contributed by atoms with van der Waals surface area (Å²) in [6.07, 6.45) is -0.582. The van der Waals surface area contributed by atoms with Gasteiger partial charge in [0.25, 0.3) is 0 Å². The van der Waals surface area contributed by atoms with Crippen molar-refractivity contribution in [3.63, 3.8) is 0 Å². The summed E-state index contributed by atoms with van der Waals surface area (Å²) in [5.41, 5.74) is 2.02. The molecule has 0 unspecified atom stereocenters. The van der Waals surface area contributed by atoms with Crippen LogP contribution >= 0.6 is 11.6 Å². The molecule has 0 heterocycles. The van der Waals surface area contributed by atoms with E-state index in [-0.39, 0.29) is 0 Å². The topological polar surface area (TPSA) is 32.7 Å². The van der Waals surface area contributed by atoms with Crippen molar-refractivity contribution in [2.24, 2.45) is 0 Å². The van der Waals surface area contributed by atoms with Crippen LogP contribution in [0.5, 0.6) is 5.75 Å². The molecule has 2 aromatic rings. The first kappa shape index (κ1) is 16.8. The summed E-state index contributed by atoms with van der Waals surface area (Å²) >= 11 is 6.17. The fourth-order valence-electron chi connectivity index (χ4n) is 2.36. The number of rotatable bonds is 7. The summed E-state index contributed by atoms with van der Waals surface area (Å²) in [5.74, 6) is 0.651. The van der Waals surface area contributed by atoms with E-state index in [1.54, 1.807) is 6.07 Å². The van der Waals surface area contributed by atoms with E-state index in [1.807, 2.05) is 44.3 Å². The van der Waals surface area contributed by atoms with E-state index < -0.39 is 6.10 Å². The Bertz CT molecular complexity index is 589. The lowest BCUT2D eigenvalue weighted by molar-refractivity contribution is 0.124. The van der Waals surface area contributed by atoms with Gasteiger partial charge in [-0.15, -0.1) is 0 Å². The predicted octanol–water partition coefficient (Wildman–Crippen LogP) is 3.90. The zero-order valence-corrected chi connectivity index (χ0v) is 13.8. The molecule has 1 N–H and O–H groups in total. The number of hydrogen-bond donors (Lipinski definition) is 1. The van der Waals surface area contributed by atoms with Gasteiger partial charge >= 0.3 is 0 Å². The molecule has 2 rings (SSSR count). The van der Waals surface area contributed by atoms with Gasteiger partial charge in [-0.05, 0) is 37.2 Å². The monoisotopic (exact) mass is 319 g/mol.